The zero-order valence-electron chi connectivity index (χ0n) is 11.8. The molecular weight excluding hydrogens is 208 g/mol. The van der Waals surface area contributed by atoms with Gasteiger partial charge in [0.25, 0.3) is 0 Å². The van der Waals surface area contributed by atoms with Gasteiger partial charge in [0.05, 0.1) is 0 Å². The van der Waals surface area contributed by atoms with E-state index >= 15 is 0 Å². The lowest BCUT2D eigenvalue weighted by Crippen LogP contribution is -2.49. The summed E-state index contributed by atoms with van der Waals surface area (Å²) in [5, 5.41) is 0. The summed E-state index contributed by atoms with van der Waals surface area (Å²) < 4.78 is 0. The molecule has 1 heteroatoms. The quantitative estimate of drug-likeness (QED) is 0.616. The zero-order valence-corrected chi connectivity index (χ0v) is 11.8. The van der Waals surface area contributed by atoms with E-state index in [0.717, 1.165) is 11.9 Å². The molecule has 17 heavy (non-hydrogen) atoms. The van der Waals surface area contributed by atoms with Crippen LogP contribution in [0.25, 0.3) is 0 Å². The molecule has 0 bridgehead atoms. The highest BCUT2D eigenvalue weighted by molar-refractivity contribution is 5.76. The molecule has 0 aromatic carbocycles. The minimum Gasteiger partial charge on any atom is -0.298 e. The van der Waals surface area contributed by atoms with Crippen molar-refractivity contribution in [2.24, 2.45) is 22.7 Å². The van der Waals surface area contributed by atoms with Crippen molar-refractivity contribution in [3.05, 3.63) is 11.6 Å². The summed E-state index contributed by atoms with van der Waals surface area (Å²) in [7, 11) is 0. The molecule has 1 fully saturated rings. The van der Waals surface area contributed by atoms with Crippen LogP contribution in [0, 0.1) is 22.7 Å². The van der Waals surface area contributed by atoms with Crippen LogP contribution in [0.3, 0.4) is 0 Å². The predicted octanol–water partition coefficient (Wildman–Crippen LogP) is 4.37. The maximum Gasteiger partial charge on any atom is 0.146 e. The van der Waals surface area contributed by atoms with Crippen molar-refractivity contribution in [1.82, 2.24) is 0 Å². The fourth-order valence-electron chi connectivity index (χ4n) is 4.53. The Hall–Kier alpha value is -0.590. The van der Waals surface area contributed by atoms with E-state index in [1.165, 1.54) is 32.1 Å². The van der Waals surface area contributed by atoms with Crippen LogP contribution in [-0.2, 0) is 4.79 Å². The highest BCUT2D eigenvalue weighted by atomic mass is 16.1. The lowest BCUT2D eigenvalue weighted by molar-refractivity contribution is -0.109. The monoisotopic (exact) mass is 234 g/mol. The van der Waals surface area contributed by atoms with Crippen molar-refractivity contribution in [2.75, 3.05) is 0 Å². The number of carbonyl (C=O) groups excluding carboxylic acids is 1. The molecule has 3 atom stereocenters. The minimum atomic E-state index is 0.152. The average molecular weight is 234 g/mol. The van der Waals surface area contributed by atoms with Gasteiger partial charge in [-0.2, -0.15) is 0 Å². The normalized spacial score (nSPS) is 41.1. The number of hydrogen-bond donors (Lipinski definition) is 0. The number of hydrogen-bond acceptors (Lipinski definition) is 1. The molecule has 1 saturated carbocycles. The van der Waals surface area contributed by atoms with E-state index in [1.807, 2.05) is 0 Å². The first kappa shape index (κ1) is 12.9. The molecule has 0 aromatic heterocycles. The Morgan fingerprint density at radius 3 is 2.53 bits per heavy atom. The smallest absolute Gasteiger partial charge is 0.146 e. The third-order valence-electron chi connectivity index (χ3n) is 5.59. The first-order valence-electron chi connectivity index (χ1n) is 7.11. The van der Waals surface area contributed by atoms with Gasteiger partial charge in [-0.1, -0.05) is 40.2 Å². The van der Waals surface area contributed by atoms with Crippen molar-refractivity contribution < 1.29 is 4.79 Å². The lowest BCUT2D eigenvalue weighted by atomic mass is 9.47. The first-order chi connectivity index (χ1) is 7.94. The summed E-state index contributed by atoms with van der Waals surface area (Å²) in [4.78, 5) is 11.5. The molecule has 0 amide bonds. The molecule has 96 valence electrons. The summed E-state index contributed by atoms with van der Waals surface area (Å²) in [5.74, 6) is 1.22. The topological polar surface area (TPSA) is 17.1 Å². The molecule has 0 N–H and O–H groups in total. The van der Waals surface area contributed by atoms with E-state index in [4.69, 9.17) is 0 Å². The van der Waals surface area contributed by atoms with E-state index in [9.17, 15) is 4.79 Å². The van der Waals surface area contributed by atoms with Gasteiger partial charge < -0.3 is 0 Å². The van der Waals surface area contributed by atoms with Gasteiger partial charge in [0, 0.05) is 5.41 Å². The second-order valence-electron chi connectivity index (χ2n) is 6.90. The van der Waals surface area contributed by atoms with E-state index in [0.29, 0.717) is 11.8 Å². The largest absolute Gasteiger partial charge is 0.298 e. The van der Waals surface area contributed by atoms with Crippen molar-refractivity contribution >= 4 is 6.29 Å². The van der Waals surface area contributed by atoms with Crippen LogP contribution >= 0.6 is 0 Å². The summed E-state index contributed by atoms with van der Waals surface area (Å²) in [6.07, 6.45) is 9.70. The van der Waals surface area contributed by atoms with Crippen LogP contribution in [-0.4, -0.2) is 6.29 Å². The fourth-order valence-corrected chi connectivity index (χ4v) is 4.53. The maximum atomic E-state index is 11.5. The number of aldehydes is 1. The van der Waals surface area contributed by atoms with E-state index in [1.54, 1.807) is 0 Å². The number of rotatable bonds is 1. The van der Waals surface area contributed by atoms with Gasteiger partial charge in [0.2, 0.25) is 0 Å². The zero-order chi connectivity index (χ0) is 12.7. The van der Waals surface area contributed by atoms with Gasteiger partial charge in [-0.15, -0.1) is 0 Å². The third-order valence-corrected chi connectivity index (χ3v) is 5.59. The van der Waals surface area contributed by atoms with E-state index < -0.39 is 0 Å². The summed E-state index contributed by atoms with van der Waals surface area (Å²) in [5.41, 5.74) is 1.53. The molecule has 2 rings (SSSR count). The van der Waals surface area contributed by atoms with E-state index in [-0.39, 0.29) is 10.8 Å². The Morgan fingerprint density at radius 1 is 1.24 bits per heavy atom. The second-order valence-corrected chi connectivity index (χ2v) is 6.90. The number of carbonyl (C=O) groups is 1. The first-order valence-corrected chi connectivity index (χ1v) is 7.11. The van der Waals surface area contributed by atoms with Gasteiger partial charge in [0.15, 0.2) is 0 Å². The van der Waals surface area contributed by atoms with Crippen molar-refractivity contribution in [2.45, 2.75) is 59.8 Å². The highest BCUT2D eigenvalue weighted by Gasteiger charge is 2.53. The molecule has 0 heterocycles. The molecule has 2 aliphatic rings. The van der Waals surface area contributed by atoms with E-state index in [2.05, 4.69) is 33.8 Å². The molecule has 3 unspecified atom stereocenters. The Kier molecular flexibility index (Phi) is 3.22. The molecule has 1 spiro atoms. The van der Waals surface area contributed by atoms with Crippen LogP contribution in [0.4, 0.5) is 0 Å². The van der Waals surface area contributed by atoms with Crippen LogP contribution in [0.2, 0.25) is 0 Å². The predicted molar refractivity (Wildman–Crippen MR) is 71.8 cm³/mol. The van der Waals surface area contributed by atoms with Crippen molar-refractivity contribution in [1.29, 1.82) is 0 Å². The van der Waals surface area contributed by atoms with Crippen molar-refractivity contribution in [3.8, 4) is 0 Å². The van der Waals surface area contributed by atoms with Crippen molar-refractivity contribution in [3.63, 3.8) is 0 Å². The molecule has 2 aliphatic carbocycles. The molecular formula is C16H26O. The SMILES string of the molecule is CC1C=C(C=O)C2(CC1)C(C)CCCC2(C)C. The standard InChI is InChI=1S/C16H26O/c1-12-7-9-16(14(10-12)11-17)13(2)6-5-8-15(16,3)4/h10-13H,5-9H2,1-4H3. The van der Waals surface area contributed by atoms with Gasteiger partial charge in [-0.05, 0) is 48.5 Å². The van der Waals surface area contributed by atoms with Crippen LogP contribution < -0.4 is 0 Å². The van der Waals surface area contributed by atoms with Gasteiger partial charge >= 0.3 is 0 Å². The number of allylic oxidation sites excluding steroid dienone is 2. The molecule has 0 saturated heterocycles. The second kappa shape index (κ2) is 4.26. The lowest BCUT2D eigenvalue weighted by Gasteiger charge is -2.56. The maximum absolute atomic E-state index is 11.5. The van der Waals surface area contributed by atoms with Gasteiger partial charge in [0.1, 0.15) is 6.29 Å². The van der Waals surface area contributed by atoms with Gasteiger partial charge in [-0.3, -0.25) is 4.79 Å². The molecule has 1 nitrogen and oxygen atoms in total. The fraction of sp³-hybridized carbons (Fsp3) is 0.812. The minimum absolute atomic E-state index is 0.152. The Bertz CT molecular complexity index is 339. The Balaban J connectivity index is 2.50. The molecule has 0 aliphatic heterocycles. The summed E-state index contributed by atoms with van der Waals surface area (Å²) in [6, 6.07) is 0. The Labute approximate surface area is 106 Å². The van der Waals surface area contributed by atoms with Crippen LogP contribution in [0.1, 0.15) is 59.8 Å². The summed E-state index contributed by atoms with van der Waals surface area (Å²) in [6.45, 7) is 9.33. The highest BCUT2D eigenvalue weighted by Crippen LogP contribution is 2.61. The third kappa shape index (κ3) is 1.78. The average Bonchev–Trinajstić information content (AvgIpc) is 2.26. The van der Waals surface area contributed by atoms with Crippen LogP contribution in [0.5, 0.6) is 0 Å². The van der Waals surface area contributed by atoms with Crippen LogP contribution in [0.15, 0.2) is 11.6 Å². The molecule has 0 radical (unpaired) electrons. The molecule has 0 aromatic rings. The summed E-state index contributed by atoms with van der Waals surface area (Å²) >= 11 is 0. The Morgan fingerprint density at radius 2 is 1.94 bits per heavy atom. The van der Waals surface area contributed by atoms with Gasteiger partial charge in [-0.25, -0.2) is 0 Å².